The first-order valence-corrected chi connectivity index (χ1v) is 6.64. The zero-order chi connectivity index (χ0) is 10.6. The van der Waals surface area contributed by atoms with E-state index in [1.165, 1.54) is 24.2 Å². The fourth-order valence-electron chi connectivity index (χ4n) is 1.01. The molecule has 0 aliphatic carbocycles. The maximum Gasteiger partial charge on any atom is 0.302 e. The van der Waals surface area contributed by atoms with Gasteiger partial charge in [-0.2, -0.15) is 0 Å². The largest absolute Gasteiger partial charge is 0.466 e. The zero-order valence-electron chi connectivity index (χ0n) is 8.80. The van der Waals surface area contributed by atoms with Crippen molar-refractivity contribution in [3.63, 3.8) is 0 Å². The number of carbonyl (C=O) groups is 1. The number of esters is 1. The number of hydrogen-bond acceptors (Lipinski definition) is 2. The fourth-order valence-corrected chi connectivity index (χ4v) is 1.45. The molecule has 0 saturated carbocycles. The predicted molar refractivity (Wildman–Crippen MR) is 67.7 cm³/mol. The number of rotatable bonds is 8. The lowest BCUT2D eigenvalue weighted by molar-refractivity contribution is -0.141. The van der Waals surface area contributed by atoms with Gasteiger partial charge >= 0.3 is 5.97 Å². The summed E-state index contributed by atoms with van der Waals surface area (Å²) in [5, 5.41) is 0. The Balaban J connectivity index is 3.05. The van der Waals surface area contributed by atoms with E-state index in [-0.39, 0.29) is 5.97 Å². The van der Waals surface area contributed by atoms with E-state index >= 15 is 0 Å². The summed E-state index contributed by atoms with van der Waals surface area (Å²) in [4.78, 5) is 10.4. The minimum Gasteiger partial charge on any atom is -0.466 e. The second kappa shape index (κ2) is 11.0. The van der Waals surface area contributed by atoms with Gasteiger partial charge in [-0.15, -0.1) is 0 Å². The molecule has 3 heteroatoms. The molecular weight excluding hydrogens is 291 g/mol. The van der Waals surface area contributed by atoms with Crippen LogP contribution in [0.5, 0.6) is 0 Å². The van der Waals surface area contributed by atoms with Gasteiger partial charge in [0.15, 0.2) is 0 Å². The summed E-state index contributed by atoms with van der Waals surface area (Å²) in [7, 11) is 0. The van der Waals surface area contributed by atoms with Crippen LogP contribution in [0.1, 0.15) is 39.0 Å². The van der Waals surface area contributed by atoms with Crippen molar-refractivity contribution in [2.24, 2.45) is 0 Å². The normalized spacial score (nSPS) is 10.7. The minimum atomic E-state index is -0.178. The lowest BCUT2D eigenvalue weighted by atomic mass is 10.2. The van der Waals surface area contributed by atoms with Crippen molar-refractivity contribution in [2.45, 2.75) is 39.0 Å². The number of unbranched alkanes of at least 4 members (excludes halogenated alkanes) is 3. The standard InChI is InChI=1S/C11H19IO2/c1-11(13)14-10-8-6-4-2-3-5-7-9-12/h2-3H,4-10H2,1H3/b3-2-. The fraction of sp³-hybridized carbons (Fsp3) is 0.727. The molecule has 0 bridgehead atoms. The summed E-state index contributed by atoms with van der Waals surface area (Å²) in [6, 6.07) is 0. The van der Waals surface area contributed by atoms with Crippen LogP contribution in [0.15, 0.2) is 12.2 Å². The Morgan fingerprint density at radius 2 is 1.86 bits per heavy atom. The van der Waals surface area contributed by atoms with Crippen LogP contribution in [0.25, 0.3) is 0 Å². The van der Waals surface area contributed by atoms with E-state index in [1.54, 1.807) is 0 Å². The lowest BCUT2D eigenvalue weighted by Crippen LogP contribution is -1.99. The van der Waals surface area contributed by atoms with E-state index in [2.05, 4.69) is 34.7 Å². The van der Waals surface area contributed by atoms with Crippen LogP contribution in [-0.4, -0.2) is 17.0 Å². The molecule has 0 N–H and O–H groups in total. The molecule has 0 aromatic carbocycles. The van der Waals surface area contributed by atoms with E-state index in [9.17, 15) is 4.79 Å². The SMILES string of the molecule is CC(=O)OCCCC/C=C\CCCI. The molecule has 2 nitrogen and oxygen atoms in total. The molecule has 0 rings (SSSR count). The molecule has 0 amide bonds. The third-order valence-electron chi connectivity index (χ3n) is 1.74. The van der Waals surface area contributed by atoms with Gasteiger partial charge in [-0.25, -0.2) is 0 Å². The summed E-state index contributed by atoms with van der Waals surface area (Å²) in [6.45, 7) is 2.01. The summed E-state index contributed by atoms with van der Waals surface area (Å²) < 4.78 is 6.05. The topological polar surface area (TPSA) is 26.3 Å². The van der Waals surface area contributed by atoms with Crippen LogP contribution >= 0.6 is 22.6 Å². The first-order chi connectivity index (χ1) is 6.77. The molecule has 0 spiro atoms. The van der Waals surface area contributed by atoms with E-state index in [0.29, 0.717) is 6.61 Å². The zero-order valence-corrected chi connectivity index (χ0v) is 11.0. The molecule has 0 aliphatic rings. The number of carbonyl (C=O) groups excluding carboxylic acids is 1. The average molecular weight is 310 g/mol. The predicted octanol–water partition coefficient (Wildman–Crippen LogP) is 3.49. The molecular formula is C11H19IO2. The summed E-state index contributed by atoms with van der Waals surface area (Å²) in [5.41, 5.74) is 0. The third-order valence-corrected chi connectivity index (χ3v) is 2.50. The highest BCUT2D eigenvalue weighted by Gasteiger charge is 1.91. The number of allylic oxidation sites excluding steroid dienone is 2. The lowest BCUT2D eigenvalue weighted by Gasteiger charge is -1.99. The maximum atomic E-state index is 10.4. The average Bonchev–Trinajstić information content (AvgIpc) is 2.15. The molecule has 82 valence electrons. The second-order valence-corrected chi connectivity index (χ2v) is 4.22. The van der Waals surface area contributed by atoms with Crippen LogP contribution in [0, 0.1) is 0 Å². The first-order valence-electron chi connectivity index (χ1n) is 5.11. The molecule has 0 aromatic heterocycles. The second-order valence-electron chi connectivity index (χ2n) is 3.14. The Labute approximate surface area is 100 Å². The van der Waals surface area contributed by atoms with E-state index in [0.717, 1.165) is 19.3 Å². The van der Waals surface area contributed by atoms with Crippen molar-refractivity contribution in [1.82, 2.24) is 0 Å². The minimum absolute atomic E-state index is 0.178. The molecule has 0 radical (unpaired) electrons. The molecule has 0 aromatic rings. The number of halogens is 1. The van der Waals surface area contributed by atoms with Gasteiger partial charge in [0.05, 0.1) is 6.61 Å². The Bertz CT molecular complexity index is 167. The van der Waals surface area contributed by atoms with Gasteiger partial charge in [0, 0.05) is 6.92 Å². The Morgan fingerprint density at radius 3 is 2.43 bits per heavy atom. The van der Waals surface area contributed by atoms with Crippen molar-refractivity contribution in [3.05, 3.63) is 12.2 Å². The Hall–Kier alpha value is -0.0600. The molecule has 0 aliphatic heterocycles. The van der Waals surface area contributed by atoms with Crippen LogP contribution in [0.4, 0.5) is 0 Å². The summed E-state index contributed by atoms with van der Waals surface area (Å²) >= 11 is 2.39. The van der Waals surface area contributed by atoms with Crippen LogP contribution in [0.2, 0.25) is 0 Å². The van der Waals surface area contributed by atoms with Gasteiger partial charge in [0.1, 0.15) is 0 Å². The van der Waals surface area contributed by atoms with Gasteiger partial charge < -0.3 is 4.74 Å². The molecule has 0 atom stereocenters. The van der Waals surface area contributed by atoms with E-state index in [4.69, 9.17) is 4.74 Å². The molecule has 14 heavy (non-hydrogen) atoms. The Morgan fingerprint density at radius 1 is 1.21 bits per heavy atom. The highest BCUT2D eigenvalue weighted by Crippen LogP contribution is 2.00. The van der Waals surface area contributed by atoms with Gasteiger partial charge in [0.2, 0.25) is 0 Å². The highest BCUT2D eigenvalue weighted by atomic mass is 127. The monoisotopic (exact) mass is 310 g/mol. The van der Waals surface area contributed by atoms with Gasteiger partial charge in [0.25, 0.3) is 0 Å². The van der Waals surface area contributed by atoms with Crippen molar-refractivity contribution in [3.8, 4) is 0 Å². The number of ether oxygens (including phenoxy) is 1. The molecule has 0 unspecified atom stereocenters. The number of hydrogen-bond donors (Lipinski definition) is 0. The first kappa shape index (κ1) is 13.9. The summed E-state index contributed by atoms with van der Waals surface area (Å²) in [5.74, 6) is -0.178. The van der Waals surface area contributed by atoms with Gasteiger partial charge in [-0.3, -0.25) is 4.79 Å². The Kier molecular flexibility index (Phi) is 11.0. The van der Waals surface area contributed by atoms with Crippen LogP contribution < -0.4 is 0 Å². The third kappa shape index (κ3) is 11.9. The van der Waals surface area contributed by atoms with Crippen molar-refractivity contribution in [2.75, 3.05) is 11.0 Å². The molecule has 0 fully saturated rings. The van der Waals surface area contributed by atoms with E-state index < -0.39 is 0 Å². The van der Waals surface area contributed by atoms with Crippen molar-refractivity contribution < 1.29 is 9.53 Å². The number of alkyl halides is 1. The van der Waals surface area contributed by atoms with E-state index in [1.807, 2.05) is 0 Å². The van der Waals surface area contributed by atoms with Crippen molar-refractivity contribution in [1.29, 1.82) is 0 Å². The smallest absolute Gasteiger partial charge is 0.302 e. The molecule has 0 saturated heterocycles. The molecule has 0 heterocycles. The van der Waals surface area contributed by atoms with Gasteiger partial charge in [-0.1, -0.05) is 34.7 Å². The van der Waals surface area contributed by atoms with Crippen LogP contribution in [-0.2, 0) is 9.53 Å². The highest BCUT2D eigenvalue weighted by molar-refractivity contribution is 14.1. The van der Waals surface area contributed by atoms with Crippen LogP contribution in [0.3, 0.4) is 0 Å². The van der Waals surface area contributed by atoms with Gasteiger partial charge in [-0.05, 0) is 36.5 Å². The maximum absolute atomic E-state index is 10.4. The quantitative estimate of drug-likeness (QED) is 0.225. The summed E-state index contributed by atoms with van der Waals surface area (Å²) in [6.07, 6.45) is 10.1. The van der Waals surface area contributed by atoms with Crippen molar-refractivity contribution >= 4 is 28.6 Å².